The van der Waals surface area contributed by atoms with Gasteiger partial charge in [0.15, 0.2) is 0 Å². The van der Waals surface area contributed by atoms with E-state index in [1.54, 1.807) is 0 Å². The van der Waals surface area contributed by atoms with Crippen LogP contribution < -0.4 is 10.1 Å². The van der Waals surface area contributed by atoms with E-state index in [0.29, 0.717) is 12.0 Å². The summed E-state index contributed by atoms with van der Waals surface area (Å²) < 4.78 is 5.88. The summed E-state index contributed by atoms with van der Waals surface area (Å²) in [6.07, 6.45) is 2.66. The zero-order valence-electron chi connectivity index (χ0n) is 10.2. The molecule has 0 bridgehead atoms. The van der Waals surface area contributed by atoms with Gasteiger partial charge in [0.25, 0.3) is 0 Å². The van der Waals surface area contributed by atoms with Gasteiger partial charge in [-0.25, -0.2) is 0 Å². The lowest BCUT2D eigenvalue weighted by Gasteiger charge is -2.14. The average molecular weight is 219 g/mol. The molecule has 0 aliphatic carbocycles. The molecule has 1 aromatic carbocycles. The van der Waals surface area contributed by atoms with Crippen LogP contribution in [0.1, 0.15) is 38.2 Å². The summed E-state index contributed by atoms with van der Waals surface area (Å²) in [7, 11) is 0. The minimum Gasteiger partial charge on any atom is -0.489 e. The fraction of sp³-hybridized carbons (Fsp3) is 0.571. The van der Waals surface area contributed by atoms with Gasteiger partial charge in [0.1, 0.15) is 11.9 Å². The lowest BCUT2D eigenvalue weighted by molar-refractivity contribution is 0.223. The van der Waals surface area contributed by atoms with Crippen LogP contribution in [0.25, 0.3) is 0 Å². The number of rotatable bonds is 4. The van der Waals surface area contributed by atoms with Gasteiger partial charge in [-0.15, -0.1) is 0 Å². The van der Waals surface area contributed by atoms with Crippen molar-refractivity contribution in [3.05, 3.63) is 29.8 Å². The van der Waals surface area contributed by atoms with E-state index >= 15 is 0 Å². The maximum atomic E-state index is 5.88. The van der Waals surface area contributed by atoms with Crippen LogP contribution in [0.3, 0.4) is 0 Å². The number of benzene rings is 1. The number of ether oxygens (including phenoxy) is 1. The largest absolute Gasteiger partial charge is 0.489 e. The van der Waals surface area contributed by atoms with Crippen LogP contribution in [0.15, 0.2) is 24.3 Å². The van der Waals surface area contributed by atoms with Gasteiger partial charge in [-0.05, 0) is 43.0 Å². The minimum atomic E-state index is 0.356. The molecule has 88 valence electrons. The van der Waals surface area contributed by atoms with E-state index in [-0.39, 0.29) is 0 Å². The molecule has 0 radical (unpaired) electrons. The zero-order chi connectivity index (χ0) is 11.4. The first-order valence-electron chi connectivity index (χ1n) is 6.27. The van der Waals surface area contributed by atoms with Crippen molar-refractivity contribution in [2.75, 3.05) is 13.1 Å². The van der Waals surface area contributed by atoms with E-state index in [2.05, 4.69) is 43.4 Å². The molecule has 1 fully saturated rings. The lowest BCUT2D eigenvalue weighted by atomic mass is 9.99. The fourth-order valence-electron chi connectivity index (χ4n) is 2.03. The summed E-state index contributed by atoms with van der Waals surface area (Å²) >= 11 is 0. The van der Waals surface area contributed by atoms with Crippen LogP contribution >= 0.6 is 0 Å². The Kier molecular flexibility index (Phi) is 3.83. The normalized spacial score (nSPS) is 22.0. The Hall–Kier alpha value is -1.02. The van der Waals surface area contributed by atoms with Crippen LogP contribution in [0.5, 0.6) is 5.75 Å². The third kappa shape index (κ3) is 2.76. The molecular weight excluding hydrogens is 198 g/mol. The van der Waals surface area contributed by atoms with E-state index in [1.807, 2.05) is 0 Å². The van der Waals surface area contributed by atoms with Crippen molar-refractivity contribution in [3.8, 4) is 5.75 Å². The minimum absolute atomic E-state index is 0.356. The number of hydrogen-bond donors (Lipinski definition) is 1. The van der Waals surface area contributed by atoms with Crippen LogP contribution in [-0.2, 0) is 0 Å². The Morgan fingerprint density at radius 3 is 2.69 bits per heavy atom. The highest BCUT2D eigenvalue weighted by Crippen LogP contribution is 2.22. The maximum absolute atomic E-state index is 5.88. The smallest absolute Gasteiger partial charge is 0.119 e. The van der Waals surface area contributed by atoms with Gasteiger partial charge < -0.3 is 10.1 Å². The molecule has 2 heteroatoms. The third-order valence-corrected chi connectivity index (χ3v) is 3.38. The van der Waals surface area contributed by atoms with Gasteiger partial charge in [0.05, 0.1) is 0 Å². The summed E-state index contributed by atoms with van der Waals surface area (Å²) in [5.74, 6) is 1.64. The van der Waals surface area contributed by atoms with Gasteiger partial charge in [-0.2, -0.15) is 0 Å². The van der Waals surface area contributed by atoms with Crippen LogP contribution in [0.2, 0.25) is 0 Å². The number of hydrogen-bond acceptors (Lipinski definition) is 2. The molecule has 2 unspecified atom stereocenters. The average Bonchev–Trinajstić information content (AvgIpc) is 2.82. The van der Waals surface area contributed by atoms with Crippen molar-refractivity contribution in [3.63, 3.8) is 0 Å². The second-order valence-corrected chi connectivity index (χ2v) is 4.61. The summed E-state index contributed by atoms with van der Waals surface area (Å²) in [4.78, 5) is 0. The van der Waals surface area contributed by atoms with Crippen molar-refractivity contribution >= 4 is 0 Å². The highest BCUT2D eigenvalue weighted by molar-refractivity contribution is 5.29. The summed E-state index contributed by atoms with van der Waals surface area (Å²) in [5.41, 5.74) is 1.40. The molecule has 1 heterocycles. The quantitative estimate of drug-likeness (QED) is 0.840. The highest BCUT2D eigenvalue weighted by atomic mass is 16.5. The van der Waals surface area contributed by atoms with Gasteiger partial charge >= 0.3 is 0 Å². The first kappa shape index (κ1) is 11.5. The van der Waals surface area contributed by atoms with Gasteiger partial charge in [-0.3, -0.25) is 0 Å². The first-order valence-corrected chi connectivity index (χ1v) is 6.27. The topological polar surface area (TPSA) is 21.3 Å². The molecule has 1 N–H and O–H groups in total. The monoisotopic (exact) mass is 219 g/mol. The molecule has 0 aromatic heterocycles. The Balaban J connectivity index is 1.96. The van der Waals surface area contributed by atoms with Gasteiger partial charge in [0, 0.05) is 6.54 Å². The fourth-order valence-corrected chi connectivity index (χ4v) is 2.03. The van der Waals surface area contributed by atoms with E-state index in [1.165, 1.54) is 12.0 Å². The molecule has 16 heavy (non-hydrogen) atoms. The van der Waals surface area contributed by atoms with E-state index in [4.69, 9.17) is 4.74 Å². The van der Waals surface area contributed by atoms with Crippen LogP contribution in [-0.4, -0.2) is 19.2 Å². The van der Waals surface area contributed by atoms with Crippen molar-refractivity contribution in [2.24, 2.45) is 0 Å². The zero-order valence-corrected chi connectivity index (χ0v) is 10.2. The molecule has 2 rings (SSSR count). The predicted octanol–water partition coefficient (Wildman–Crippen LogP) is 2.94. The molecule has 1 aliphatic rings. The second kappa shape index (κ2) is 5.35. The Labute approximate surface area is 98.0 Å². The Morgan fingerprint density at radius 2 is 2.12 bits per heavy atom. The van der Waals surface area contributed by atoms with E-state index in [0.717, 1.165) is 25.3 Å². The Morgan fingerprint density at radius 1 is 1.38 bits per heavy atom. The van der Waals surface area contributed by atoms with Gasteiger partial charge in [-0.1, -0.05) is 26.0 Å². The molecule has 0 saturated carbocycles. The van der Waals surface area contributed by atoms with Crippen LogP contribution in [0.4, 0.5) is 0 Å². The first-order chi connectivity index (χ1) is 7.79. The second-order valence-electron chi connectivity index (χ2n) is 4.61. The standard InChI is InChI=1S/C14H21NO/c1-3-11(2)12-4-6-13(7-5-12)16-14-8-9-15-10-14/h4-7,11,14-15H,3,8-10H2,1-2H3. The molecule has 2 atom stereocenters. The molecule has 1 aromatic rings. The molecule has 1 saturated heterocycles. The van der Waals surface area contributed by atoms with Crippen molar-refractivity contribution in [1.29, 1.82) is 0 Å². The molecular formula is C14H21NO. The molecule has 1 aliphatic heterocycles. The summed E-state index contributed by atoms with van der Waals surface area (Å²) in [6.45, 7) is 6.54. The third-order valence-electron chi connectivity index (χ3n) is 3.38. The Bertz CT molecular complexity index is 314. The predicted molar refractivity (Wildman–Crippen MR) is 67.1 cm³/mol. The molecule has 2 nitrogen and oxygen atoms in total. The van der Waals surface area contributed by atoms with E-state index < -0.39 is 0 Å². The number of nitrogens with one attached hydrogen (secondary N) is 1. The van der Waals surface area contributed by atoms with Gasteiger partial charge in [0.2, 0.25) is 0 Å². The SMILES string of the molecule is CCC(C)c1ccc(OC2CCNC2)cc1. The van der Waals surface area contributed by atoms with Crippen molar-refractivity contribution in [1.82, 2.24) is 5.32 Å². The van der Waals surface area contributed by atoms with Crippen LogP contribution in [0, 0.1) is 0 Å². The summed E-state index contributed by atoms with van der Waals surface area (Å²) in [6, 6.07) is 8.57. The lowest BCUT2D eigenvalue weighted by Crippen LogP contribution is -2.19. The van der Waals surface area contributed by atoms with Crippen molar-refractivity contribution < 1.29 is 4.74 Å². The van der Waals surface area contributed by atoms with Crippen molar-refractivity contribution in [2.45, 2.75) is 38.7 Å². The highest BCUT2D eigenvalue weighted by Gasteiger charge is 2.15. The summed E-state index contributed by atoms with van der Waals surface area (Å²) in [5, 5.41) is 3.31. The molecule has 0 spiro atoms. The van der Waals surface area contributed by atoms with E-state index in [9.17, 15) is 0 Å². The maximum Gasteiger partial charge on any atom is 0.119 e. The molecule has 0 amide bonds.